The lowest BCUT2D eigenvalue weighted by molar-refractivity contribution is 0.0423. The fraction of sp³-hybridized carbons (Fsp3) is 0.480. The van der Waals surface area contributed by atoms with E-state index in [0.717, 1.165) is 11.1 Å². The fourth-order valence-corrected chi connectivity index (χ4v) is 3.38. The predicted molar refractivity (Wildman–Crippen MR) is 125 cm³/mol. The summed E-state index contributed by atoms with van der Waals surface area (Å²) in [5, 5.41) is 16.9. The number of para-hydroxylation sites is 1. The molecule has 1 amide bonds. The lowest BCUT2D eigenvalue weighted by atomic mass is 10.0. The highest BCUT2D eigenvalue weighted by atomic mass is 16.6. The molecule has 0 bridgehead atoms. The molecule has 0 saturated heterocycles. The van der Waals surface area contributed by atoms with Crippen molar-refractivity contribution in [3.05, 3.63) is 59.7 Å². The van der Waals surface area contributed by atoms with Crippen LogP contribution in [0.3, 0.4) is 0 Å². The first kappa shape index (κ1) is 25.5. The zero-order valence-electron chi connectivity index (χ0n) is 19.7. The first-order valence-electron chi connectivity index (χ1n) is 10.9. The van der Waals surface area contributed by atoms with Gasteiger partial charge in [-0.2, -0.15) is 0 Å². The molecule has 0 heterocycles. The van der Waals surface area contributed by atoms with Crippen molar-refractivity contribution in [2.24, 2.45) is 0 Å². The molecule has 0 aliphatic rings. The lowest BCUT2D eigenvalue weighted by Crippen LogP contribution is -2.50. The standard InChI is InChI=1S/C25H36N2O5/c1-25(2,3)32-24(29)27-20(16-18-10-7-6-8-11-18)21(28)17-26-15-14-19-12-9-13-22(30-4)23(19)31-5/h6-13,20-21,26,28H,14-17H2,1-5H3,(H,27,29)/t20-,21-/m0/s1. The third kappa shape index (κ3) is 8.40. The Kier molecular flexibility index (Phi) is 9.81. The number of benzene rings is 2. The molecule has 0 aliphatic heterocycles. The van der Waals surface area contributed by atoms with Gasteiger partial charge in [0.2, 0.25) is 0 Å². The minimum atomic E-state index is -0.796. The third-order valence-electron chi connectivity index (χ3n) is 4.87. The summed E-state index contributed by atoms with van der Waals surface area (Å²) in [5.74, 6) is 1.40. The van der Waals surface area contributed by atoms with E-state index in [1.54, 1.807) is 14.2 Å². The first-order valence-corrected chi connectivity index (χ1v) is 10.9. The van der Waals surface area contributed by atoms with Crippen LogP contribution in [0.2, 0.25) is 0 Å². The van der Waals surface area contributed by atoms with Crippen LogP contribution in [0.5, 0.6) is 11.5 Å². The Labute approximate surface area is 191 Å². The highest BCUT2D eigenvalue weighted by Gasteiger charge is 2.25. The SMILES string of the molecule is COc1cccc(CCNC[C@H](O)[C@H](Cc2ccccc2)NC(=O)OC(C)(C)C)c1OC. The Bertz CT molecular complexity index is 836. The van der Waals surface area contributed by atoms with Gasteiger partial charge in [-0.25, -0.2) is 4.79 Å². The van der Waals surface area contributed by atoms with Gasteiger partial charge in [0.1, 0.15) is 5.60 Å². The first-order chi connectivity index (χ1) is 15.2. The van der Waals surface area contributed by atoms with Crippen LogP contribution in [0.4, 0.5) is 4.79 Å². The molecule has 0 unspecified atom stereocenters. The molecule has 32 heavy (non-hydrogen) atoms. The van der Waals surface area contributed by atoms with Gasteiger partial charge in [-0.05, 0) is 57.4 Å². The predicted octanol–water partition coefficient (Wildman–Crippen LogP) is 3.33. The average Bonchev–Trinajstić information content (AvgIpc) is 2.75. The molecule has 2 atom stereocenters. The van der Waals surface area contributed by atoms with Gasteiger partial charge >= 0.3 is 6.09 Å². The summed E-state index contributed by atoms with van der Waals surface area (Å²) in [6.45, 7) is 6.38. The van der Waals surface area contributed by atoms with Crippen LogP contribution in [0.1, 0.15) is 31.9 Å². The van der Waals surface area contributed by atoms with Gasteiger partial charge in [-0.3, -0.25) is 0 Å². The molecule has 2 rings (SSSR count). The van der Waals surface area contributed by atoms with Crippen molar-refractivity contribution in [1.29, 1.82) is 0 Å². The Hall–Kier alpha value is -2.77. The molecule has 0 saturated carbocycles. The van der Waals surface area contributed by atoms with Crippen molar-refractivity contribution >= 4 is 6.09 Å². The number of hydrogen-bond donors (Lipinski definition) is 3. The monoisotopic (exact) mass is 444 g/mol. The molecule has 7 heteroatoms. The molecule has 0 fully saturated rings. The highest BCUT2D eigenvalue weighted by Crippen LogP contribution is 2.30. The number of nitrogens with one attached hydrogen (secondary N) is 2. The van der Waals surface area contributed by atoms with Crippen LogP contribution in [0, 0.1) is 0 Å². The topological polar surface area (TPSA) is 89.1 Å². The van der Waals surface area contributed by atoms with Crippen molar-refractivity contribution in [2.75, 3.05) is 27.3 Å². The van der Waals surface area contributed by atoms with Crippen LogP contribution in [0.25, 0.3) is 0 Å². The number of rotatable bonds is 11. The van der Waals surface area contributed by atoms with E-state index in [2.05, 4.69) is 10.6 Å². The van der Waals surface area contributed by atoms with Gasteiger partial charge in [0.05, 0.1) is 26.4 Å². The maximum Gasteiger partial charge on any atom is 0.407 e. The van der Waals surface area contributed by atoms with Crippen molar-refractivity contribution in [3.63, 3.8) is 0 Å². The summed E-state index contributed by atoms with van der Waals surface area (Å²) < 4.78 is 16.2. The van der Waals surface area contributed by atoms with Gasteiger partial charge in [0, 0.05) is 6.54 Å². The minimum absolute atomic E-state index is 0.319. The number of methoxy groups -OCH3 is 2. The zero-order chi connectivity index (χ0) is 23.6. The number of carbonyl (C=O) groups excluding carboxylic acids is 1. The highest BCUT2D eigenvalue weighted by molar-refractivity contribution is 5.68. The van der Waals surface area contributed by atoms with Crippen molar-refractivity contribution in [1.82, 2.24) is 10.6 Å². The van der Waals surface area contributed by atoms with E-state index in [4.69, 9.17) is 14.2 Å². The number of ether oxygens (including phenoxy) is 3. The van der Waals surface area contributed by atoms with E-state index < -0.39 is 23.8 Å². The van der Waals surface area contributed by atoms with E-state index in [-0.39, 0.29) is 0 Å². The molecule has 0 aromatic heterocycles. The number of hydrogen-bond acceptors (Lipinski definition) is 6. The Morgan fingerprint density at radius 3 is 2.38 bits per heavy atom. The third-order valence-corrected chi connectivity index (χ3v) is 4.87. The number of alkyl carbamates (subject to hydrolysis) is 1. The van der Waals surface area contributed by atoms with Gasteiger partial charge < -0.3 is 30.0 Å². The minimum Gasteiger partial charge on any atom is -0.493 e. The average molecular weight is 445 g/mol. The smallest absolute Gasteiger partial charge is 0.407 e. The van der Waals surface area contributed by atoms with Crippen molar-refractivity contribution in [3.8, 4) is 11.5 Å². The van der Waals surface area contributed by atoms with E-state index in [9.17, 15) is 9.90 Å². The van der Waals surface area contributed by atoms with E-state index in [1.165, 1.54) is 0 Å². The Morgan fingerprint density at radius 2 is 1.75 bits per heavy atom. The van der Waals surface area contributed by atoms with Crippen LogP contribution >= 0.6 is 0 Å². The number of amides is 1. The molecule has 176 valence electrons. The van der Waals surface area contributed by atoms with E-state index in [1.807, 2.05) is 69.3 Å². The van der Waals surface area contributed by atoms with Crippen molar-refractivity contribution < 1.29 is 24.1 Å². The second-order valence-corrected chi connectivity index (χ2v) is 8.62. The number of aliphatic hydroxyl groups is 1. The Balaban J connectivity index is 1.95. The van der Waals surface area contributed by atoms with Gasteiger partial charge in [-0.1, -0.05) is 42.5 Å². The number of aliphatic hydroxyl groups excluding tert-OH is 1. The van der Waals surface area contributed by atoms with Gasteiger partial charge in [0.25, 0.3) is 0 Å². The summed E-state index contributed by atoms with van der Waals surface area (Å²) in [6.07, 6.45) is -0.142. The molecular formula is C25H36N2O5. The van der Waals surface area contributed by atoms with Crippen LogP contribution in [0.15, 0.2) is 48.5 Å². The molecule has 2 aromatic carbocycles. The van der Waals surface area contributed by atoms with Gasteiger partial charge in [0.15, 0.2) is 11.5 Å². The largest absolute Gasteiger partial charge is 0.493 e. The molecular weight excluding hydrogens is 408 g/mol. The fourth-order valence-electron chi connectivity index (χ4n) is 3.38. The maximum absolute atomic E-state index is 12.3. The molecule has 0 aliphatic carbocycles. The number of carbonyl (C=O) groups is 1. The second kappa shape index (κ2) is 12.3. The van der Waals surface area contributed by atoms with E-state index in [0.29, 0.717) is 37.4 Å². The lowest BCUT2D eigenvalue weighted by Gasteiger charge is -2.27. The molecule has 7 nitrogen and oxygen atoms in total. The van der Waals surface area contributed by atoms with Crippen LogP contribution in [-0.2, 0) is 17.6 Å². The molecule has 2 aromatic rings. The van der Waals surface area contributed by atoms with Crippen molar-refractivity contribution in [2.45, 2.75) is 51.4 Å². The molecule has 0 radical (unpaired) electrons. The second-order valence-electron chi connectivity index (χ2n) is 8.62. The Morgan fingerprint density at radius 1 is 1.03 bits per heavy atom. The maximum atomic E-state index is 12.3. The summed E-state index contributed by atoms with van der Waals surface area (Å²) in [7, 11) is 3.23. The summed E-state index contributed by atoms with van der Waals surface area (Å²) in [6, 6.07) is 15.0. The van der Waals surface area contributed by atoms with Crippen LogP contribution < -0.4 is 20.1 Å². The normalized spacial score (nSPS) is 13.2. The van der Waals surface area contributed by atoms with E-state index >= 15 is 0 Å². The van der Waals surface area contributed by atoms with Crippen LogP contribution in [-0.4, -0.2) is 56.3 Å². The summed E-state index contributed by atoms with van der Waals surface area (Å²) in [5.41, 5.74) is 1.43. The zero-order valence-corrected chi connectivity index (χ0v) is 19.7. The van der Waals surface area contributed by atoms with Gasteiger partial charge in [-0.15, -0.1) is 0 Å². The quantitative estimate of drug-likeness (QED) is 0.461. The summed E-state index contributed by atoms with van der Waals surface area (Å²) in [4.78, 5) is 12.3. The summed E-state index contributed by atoms with van der Waals surface area (Å²) >= 11 is 0. The molecule has 0 spiro atoms. The molecule has 3 N–H and O–H groups in total.